The lowest BCUT2D eigenvalue weighted by molar-refractivity contribution is -0.171. The van der Waals surface area contributed by atoms with Crippen LogP contribution in [-0.2, 0) is 15.1 Å². The molecule has 120 valence electrons. The van der Waals surface area contributed by atoms with E-state index in [1.807, 2.05) is 32.0 Å². The number of likely N-dealkylation sites (N-methyl/N-ethyl adjacent to an activating group) is 1. The van der Waals surface area contributed by atoms with E-state index < -0.39 is 11.6 Å². The molecule has 4 heteroatoms. The number of hydrogen-bond donors (Lipinski definition) is 1. The maximum Gasteiger partial charge on any atom is 0.343 e. The van der Waals surface area contributed by atoms with E-state index in [0.29, 0.717) is 5.56 Å². The van der Waals surface area contributed by atoms with E-state index in [-0.39, 0.29) is 12.5 Å². The van der Waals surface area contributed by atoms with E-state index in [1.165, 1.54) is 0 Å². The van der Waals surface area contributed by atoms with Gasteiger partial charge in [-0.3, -0.25) is 0 Å². The molecule has 2 rings (SSSR count). The first-order chi connectivity index (χ1) is 10.4. The molecular formula is C18H25NO3. The molecule has 0 aromatic heterocycles. The predicted octanol–water partition coefficient (Wildman–Crippen LogP) is 2.34. The van der Waals surface area contributed by atoms with Crippen LogP contribution in [0.5, 0.6) is 0 Å². The molecule has 0 radical (unpaired) electrons. The molecule has 0 fully saturated rings. The van der Waals surface area contributed by atoms with Gasteiger partial charge in [-0.05, 0) is 30.5 Å². The lowest BCUT2D eigenvalue weighted by Crippen LogP contribution is -2.42. The maximum absolute atomic E-state index is 12.5. The van der Waals surface area contributed by atoms with E-state index in [4.69, 9.17) is 4.74 Å². The van der Waals surface area contributed by atoms with Gasteiger partial charge in [0.05, 0.1) is 0 Å². The number of carbonyl (C=O) groups excluding carboxylic acids is 1. The second-order valence-electron chi connectivity index (χ2n) is 6.24. The smallest absolute Gasteiger partial charge is 0.343 e. The minimum atomic E-state index is -1.60. The Balaban J connectivity index is 2.08. The molecule has 1 N–H and O–H groups in total. The minimum Gasteiger partial charge on any atom is -0.459 e. The molecule has 1 aromatic rings. The van der Waals surface area contributed by atoms with Crippen molar-refractivity contribution in [1.29, 1.82) is 0 Å². The first-order valence-corrected chi connectivity index (χ1v) is 7.76. The molecule has 0 saturated heterocycles. The van der Waals surface area contributed by atoms with Crippen LogP contribution in [0.4, 0.5) is 0 Å². The van der Waals surface area contributed by atoms with E-state index in [2.05, 4.69) is 18.0 Å². The molecule has 1 aliphatic rings. The van der Waals surface area contributed by atoms with Crippen LogP contribution in [0.2, 0.25) is 0 Å². The molecule has 1 heterocycles. The highest BCUT2D eigenvalue weighted by atomic mass is 16.5. The van der Waals surface area contributed by atoms with Crippen molar-refractivity contribution in [2.45, 2.75) is 25.9 Å². The minimum absolute atomic E-state index is 0.258. The van der Waals surface area contributed by atoms with Gasteiger partial charge in [-0.25, -0.2) is 4.79 Å². The molecule has 0 aliphatic carbocycles. The van der Waals surface area contributed by atoms with Gasteiger partial charge in [0.2, 0.25) is 0 Å². The number of carbonyl (C=O) groups is 1. The number of nitrogens with zero attached hydrogens (tertiary/aromatic N) is 1. The molecular weight excluding hydrogens is 278 g/mol. The summed E-state index contributed by atoms with van der Waals surface area (Å²) in [6.45, 7) is 5.75. The van der Waals surface area contributed by atoms with E-state index in [9.17, 15) is 9.90 Å². The second-order valence-corrected chi connectivity index (χ2v) is 6.24. The summed E-state index contributed by atoms with van der Waals surface area (Å²) in [7, 11) is 2.06. The van der Waals surface area contributed by atoms with Crippen LogP contribution in [0.1, 0.15) is 25.8 Å². The Morgan fingerprint density at radius 3 is 2.59 bits per heavy atom. The monoisotopic (exact) mass is 303 g/mol. The number of benzene rings is 1. The van der Waals surface area contributed by atoms with Crippen molar-refractivity contribution in [3.05, 3.63) is 47.5 Å². The summed E-state index contributed by atoms with van der Waals surface area (Å²) >= 11 is 0. The van der Waals surface area contributed by atoms with Gasteiger partial charge in [0.1, 0.15) is 6.61 Å². The highest BCUT2D eigenvalue weighted by Crippen LogP contribution is 2.31. The Morgan fingerprint density at radius 1 is 1.36 bits per heavy atom. The lowest BCUT2D eigenvalue weighted by atomic mass is 9.83. The molecule has 22 heavy (non-hydrogen) atoms. The Labute approximate surface area is 132 Å². The molecule has 0 saturated carbocycles. The van der Waals surface area contributed by atoms with Gasteiger partial charge in [0.15, 0.2) is 5.60 Å². The molecule has 1 aromatic carbocycles. The van der Waals surface area contributed by atoms with Crippen molar-refractivity contribution >= 4 is 5.97 Å². The Hall–Kier alpha value is -1.65. The summed E-state index contributed by atoms with van der Waals surface area (Å²) in [4.78, 5) is 14.7. The van der Waals surface area contributed by atoms with Gasteiger partial charge in [-0.1, -0.05) is 50.3 Å². The van der Waals surface area contributed by atoms with Crippen molar-refractivity contribution < 1.29 is 14.6 Å². The largest absolute Gasteiger partial charge is 0.459 e. The van der Waals surface area contributed by atoms with Crippen molar-refractivity contribution in [1.82, 2.24) is 4.90 Å². The third kappa shape index (κ3) is 3.57. The Bertz CT molecular complexity index is 539. The summed E-state index contributed by atoms with van der Waals surface area (Å²) in [5.74, 6) is -0.845. The second kappa shape index (κ2) is 7.07. The van der Waals surface area contributed by atoms with E-state index in [0.717, 1.165) is 25.1 Å². The zero-order valence-corrected chi connectivity index (χ0v) is 13.6. The lowest BCUT2D eigenvalue weighted by Gasteiger charge is -2.30. The summed E-state index contributed by atoms with van der Waals surface area (Å²) in [5.41, 5.74) is 0.0887. The van der Waals surface area contributed by atoms with Gasteiger partial charge in [-0.15, -0.1) is 0 Å². The van der Waals surface area contributed by atoms with Crippen LogP contribution in [0.25, 0.3) is 0 Å². The van der Waals surface area contributed by atoms with E-state index in [1.54, 1.807) is 12.1 Å². The number of esters is 1. The Morgan fingerprint density at radius 2 is 2.05 bits per heavy atom. The summed E-state index contributed by atoms with van der Waals surface area (Å²) in [5, 5.41) is 10.9. The van der Waals surface area contributed by atoms with Gasteiger partial charge >= 0.3 is 5.97 Å². The van der Waals surface area contributed by atoms with Gasteiger partial charge in [0.25, 0.3) is 0 Å². The van der Waals surface area contributed by atoms with Gasteiger partial charge < -0.3 is 14.7 Å². The fraction of sp³-hybridized carbons (Fsp3) is 0.500. The quantitative estimate of drug-likeness (QED) is 0.670. The van der Waals surface area contributed by atoms with Crippen molar-refractivity contribution in [3.63, 3.8) is 0 Å². The normalized spacial score (nSPS) is 18.7. The first kappa shape index (κ1) is 16.7. The highest BCUT2D eigenvalue weighted by Gasteiger charge is 2.42. The van der Waals surface area contributed by atoms with Crippen molar-refractivity contribution in [3.8, 4) is 0 Å². The van der Waals surface area contributed by atoms with Crippen LogP contribution in [0.15, 0.2) is 42.0 Å². The molecule has 0 bridgehead atoms. The predicted molar refractivity (Wildman–Crippen MR) is 86.3 cm³/mol. The third-order valence-electron chi connectivity index (χ3n) is 4.26. The average molecular weight is 303 g/mol. The summed E-state index contributed by atoms with van der Waals surface area (Å²) in [6.07, 6.45) is 2.99. The molecule has 4 nitrogen and oxygen atoms in total. The first-order valence-electron chi connectivity index (χ1n) is 7.76. The zero-order valence-electron chi connectivity index (χ0n) is 13.6. The zero-order chi connectivity index (χ0) is 16.2. The van der Waals surface area contributed by atoms with Crippen LogP contribution in [0, 0.1) is 5.92 Å². The van der Waals surface area contributed by atoms with Gasteiger partial charge in [0, 0.05) is 13.1 Å². The fourth-order valence-corrected chi connectivity index (χ4v) is 2.59. The van der Waals surface area contributed by atoms with Gasteiger partial charge in [-0.2, -0.15) is 0 Å². The van der Waals surface area contributed by atoms with Crippen molar-refractivity contribution in [2.24, 2.45) is 5.92 Å². The summed E-state index contributed by atoms with van der Waals surface area (Å²) in [6, 6.07) is 9.01. The van der Waals surface area contributed by atoms with Crippen molar-refractivity contribution in [2.75, 3.05) is 26.7 Å². The fourth-order valence-electron chi connectivity index (χ4n) is 2.59. The summed E-state index contributed by atoms with van der Waals surface area (Å²) < 4.78 is 5.42. The standard InChI is InChI=1S/C18H25NO3/c1-14(2)18(21,16-7-5-4-6-8-16)17(20)22-13-15-9-11-19(3)12-10-15/h4-9,14,21H,10-13H2,1-3H3. The van der Waals surface area contributed by atoms with Crippen LogP contribution >= 0.6 is 0 Å². The number of hydrogen-bond acceptors (Lipinski definition) is 4. The maximum atomic E-state index is 12.5. The molecule has 1 aliphatic heterocycles. The van der Waals surface area contributed by atoms with Crippen LogP contribution in [-0.4, -0.2) is 42.7 Å². The van der Waals surface area contributed by atoms with Crippen LogP contribution < -0.4 is 0 Å². The molecule has 0 amide bonds. The third-order valence-corrected chi connectivity index (χ3v) is 4.26. The number of ether oxygens (including phenoxy) is 1. The molecule has 0 spiro atoms. The Kier molecular flexibility index (Phi) is 5.37. The molecule has 1 atom stereocenters. The van der Waals surface area contributed by atoms with E-state index >= 15 is 0 Å². The van der Waals surface area contributed by atoms with Crippen LogP contribution in [0.3, 0.4) is 0 Å². The highest BCUT2D eigenvalue weighted by molar-refractivity contribution is 5.81. The molecule has 1 unspecified atom stereocenters. The number of aliphatic hydroxyl groups is 1. The topological polar surface area (TPSA) is 49.8 Å². The average Bonchev–Trinajstić information content (AvgIpc) is 2.53. The number of rotatable bonds is 5. The SMILES string of the molecule is CC(C)C(O)(C(=O)OCC1=CCN(C)CC1)c1ccccc1.